The van der Waals surface area contributed by atoms with Crippen molar-refractivity contribution in [1.82, 2.24) is 25.3 Å². The molecule has 3 heterocycles. The van der Waals surface area contributed by atoms with Crippen LogP contribution in [0.15, 0.2) is 66.9 Å². The van der Waals surface area contributed by atoms with E-state index in [1.165, 1.54) is 5.56 Å². The van der Waals surface area contributed by atoms with Crippen molar-refractivity contribution in [1.29, 1.82) is 0 Å². The minimum atomic E-state index is 0.385. The van der Waals surface area contributed by atoms with E-state index in [1.807, 2.05) is 43.3 Å². The molecule has 43 heavy (non-hydrogen) atoms. The van der Waals surface area contributed by atoms with Crippen molar-refractivity contribution in [2.45, 2.75) is 53.0 Å². The van der Waals surface area contributed by atoms with E-state index in [0.29, 0.717) is 34.8 Å². The lowest BCUT2D eigenvalue weighted by atomic mass is 9.96. The smallest absolute Gasteiger partial charge is 0.160 e. The predicted octanol–water partition coefficient (Wildman–Crippen LogP) is 7.79. The molecule has 8 heteroatoms. The Morgan fingerprint density at radius 2 is 1.74 bits per heavy atom. The first-order chi connectivity index (χ1) is 20.9. The first kappa shape index (κ1) is 28.9. The molecule has 1 aliphatic carbocycles. The number of aromatic nitrogens is 4. The molecular weight excluding hydrogens is 556 g/mol. The van der Waals surface area contributed by atoms with Crippen molar-refractivity contribution >= 4 is 39.9 Å². The Hall–Kier alpha value is -4.20. The molecule has 3 aromatic heterocycles. The fourth-order valence-corrected chi connectivity index (χ4v) is 6.25. The van der Waals surface area contributed by atoms with Gasteiger partial charge in [0.25, 0.3) is 0 Å². The number of carbonyl (C=O) groups excluding carboxylic acids is 1. The van der Waals surface area contributed by atoms with E-state index in [4.69, 9.17) is 16.6 Å². The van der Waals surface area contributed by atoms with Crippen LogP contribution >= 0.6 is 11.6 Å². The molecule has 0 radical (unpaired) electrons. The van der Waals surface area contributed by atoms with Crippen molar-refractivity contribution in [3.8, 4) is 22.4 Å². The number of ketones is 1. The van der Waals surface area contributed by atoms with Crippen molar-refractivity contribution in [3.63, 3.8) is 0 Å². The van der Waals surface area contributed by atoms with Gasteiger partial charge in [0, 0.05) is 48.1 Å². The minimum Gasteiger partial charge on any atom is -0.338 e. The number of hydrogen-bond donors (Lipinski definition) is 2. The van der Waals surface area contributed by atoms with Crippen LogP contribution in [0.25, 0.3) is 33.4 Å². The van der Waals surface area contributed by atoms with Gasteiger partial charge < -0.3 is 10.6 Å². The lowest BCUT2D eigenvalue weighted by Crippen LogP contribution is -2.22. The van der Waals surface area contributed by atoms with Gasteiger partial charge in [-0.25, -0.2) is 9.97 Å². The maximum Gasteiger partial charge on any atom is 0.160 e. The maximum absolute atomic E-state index is 11.6. The van der Waals surface area contributed by atoms with Crippen LogP contribution in [-0.2, 0) is 17.8 Å². The number of Topliss-reactive ketones (excluding diaryl/α,β-unsaturated/α-hetero) is 1. The van der Waals surface area contributed by atoms with Gasteiger partial charge in [-0.2, -0.15) is 0 Å². The van der Waals surface area contributed by atoms with Gasteiger partial charge in [0.15, 0.2) is 5.82 Å². The van der Waals surface area contributed by atoms with Crippen molar-refractivity contribution in [2.75, 3.05) is 11.9 Å². The summed E-state index contributed by atoms with van der Waals surface area (Å²) in [7, 11) is 0. The summed E-state index contributed by atoms with van der Waals surface area (Å²) in [4.78, 5) is 30.3. The molecule has 0 amide bonds. The molecule has 2 aromatic carbocycles. The molecule has 1 atom stereocenters. The van der Waals surface area contributed by atoms with Gasteiger partial charge in [-0.1, -0.05) is 54.9 Å². The zero-order chi connectivity index (χ0) is 29.9. The van der Waals surface area contributed by atoms with Crippen LogP contribution in [-0.4, -0.2) is 32.3 Å². The standard InChI is InChI=1S/C35H35ClN6O/c1-4-29-24(20-37-19-23-13-15-25(43)18-23)14-16-31(41-29)28-10-5-9-27(33(28)36)26-8-6-11-30(21(26)2)42-35-34-32(12-7-17-38-34)39-22(3)40-35/h5-12,14,16-17,23,37H,4,13,15,18-20H2,1-3H3,(H,39,40,42)/t23-/m1/s1. The number of fused-ring (bicyclic) bond motifs is 1. The number of pyridine rings is 2. The molecule has 218 valence electrons. The summed E-state index contributed by atoms with van der Waals surface area (Å²) in [5.74, 6) is 2.19. The summed E-state index contributed by atoms with van der Waals surface area (Å²) < 4.78 is 0. The minimum absolute atomic E-state index is 0.385. The first-order valence-corrected chi connectivity index (χ1v) is 15.3. The predicted molar refractivity (Wildman–Crippen MR) is 174 cm³/mol. The molecule has 0 bridgehead atoms. The van der Waals surface area contributed by atoms with E-state index in [9.17, 15) is 4.79 Å². The molecule has 5 aromatic rings. The maximum atomic E-state index is 11.6. The van der Waals surface area contributed by atoms with Crippen LogP contribution in [0.4, 0.5) is 11.5 Å². The number of hydrogen-bond acceptors (Lipinski definition) is 7. The Labute approximate surface area is 257 Å². The number of anilines is 2. The highest BCUT2D eigenvalue weighted by Gasteiger charge is 2.22. The molecule has 0 saturated heterocycles. The van der Waals surface area contributed by atoms with Gasteiger partial charge in [0.2, 0.25) is 0 Å². The summed E-state index contributed by atoms with van der Waals surface area (Å²) in [5.41, 5.74) is 9.46. The zero-order valence-corrected chi connectivity index (χ0v) is 25.5. The van der Waals surface area contributed by atoms with Gasteiger partial charge in [-0.15, -0.1) is 0 Å². The van der Waals surface area contributed by atoms with Gasteiger partial charge in [-0.3, -0.25) is 14.8 Å². The van der Waals surface area contributed by atoms with E-state index in [1.54, 1.807) is 6.20 Å². The summed E-state index contributed by atoms with van der Waals surface area (Å²) in [5, 5.41) is 7.71. The van der Waals surface area contributed by atoms with Crippen molar-refractivity contribution in [2.24, 2.45) is 5.92 Å². The third-order valence-corrected chi connectivity index (χ3v) is 8.63. The molecule has 0 spiro atoms. The van der Waals surface area contributed by atoms with Gasteiger partial charge in [0.05, 0.1) is 16.2 Å². The largest absolute Gasteiger partial charge is 0.338 e. The SMILES string of the molecule is CCc1nc(-c2cccc(-c3cccc(Nc4nc(C)nc5cccnc45)c3C)c2Cl)ccc1CNC[C@@H]1CCC(=O)C1. The number of rotatable bonds is 9. The fourth-order valence-electron chi connectivity index (χ4n) is 5.92. The van der Waals surface area contributed by atoms with Crippen molar-refractivity contribution < 1.29 is 4.79 Å². The Kier molecular flexibility index (Phi) is 8.45. The van der Waals surface area contributed by atoms with E-state index in [-0.39, 0.29) is 0 Å². The topological polar surface area (TPSA) is 92.7 Å². The third-order valence-electron chi connectivity index (χ3n) is 8.22. The van der Waals surface area contributed by atoms with Crippen LogP contribution in [0, 0.1) is 19.8 Å². The van der Waals surface area contributed by atoms with Crippen LogP contribution < -0.4 is 10.6 Å². The molecule has 2 N–H and O–H groups in total. The summed E-state index contributed by atoms with van der Waals surface area (Å²) >= 11 is 7.13. The number of nitrogens with one attached hydrogen (secondary N) is 2. The molecule has 6 rings (SSSR count). The van der Waals surface area contributed by atoms with Crippen LogP contribution in [0.3, 0.4) is 0 Å². The normalized spacial score (nSPS) is 14.9. The fraction of sp³-hybridized carbons (Fsp3) is 0.286. The second kappa shape index (κ2) is 12.6. The number of aryl methyl sites for hydroxylation is 2. The highest BCUT2D eigenvalue weighted by atomic mass is 35.5. The molecule has 0 unspecified atom stereocenters. The van der Waals surface area contributed by atoms with Gasteiger partial charge in [0.1, 0.15) is 17.1 Å². The Bertz CT molecular complexity index is 1820. The summed E-state index contributed by atoms with van der Waals surface area (Å²) in [6, 6.07) is 20.3. The van der Waals surface area contributed by atoms with Crippen LogP contribution in [0.2, 0.25) is 5.02 Å². The third kappa shape index (κ3) is 6.14. The molecule has 1 aliphatic rings. The van der Waals surface area contributed by atoms with Gasteiger partial charge >= 0.3 is 0 Å². The Morgan fingerprint density at radius 1 is 0.930 bits per heavy atom. The highest BCUT2D eigenvalue weighted by molar-refractivity contribution is 6.36. The van der Waals surface area contributed by atoms with E-state index in [2.05, 4.69) is 63.7 Å². The lowest BCUT2D eigenvalue weighted by Gasteiger charge is -2.17. The summed E-state index contributed by atoms with van der Waals surface area (Å²) in [6.07, 6.45) is 4.99. The number of halogens is 1. The number of benzene rings is 2. The molecule has 1 saturated carbocycles. The average molecular weight is 591 g/mol. The van der Waals surface area contributed by atoms with Crippen LogP contribution in [0.1, 0.15) is 48.8 Å². The molecule has 7 nitrogen and oxygen atoms in total. The Morgan fingerprint density at radius 3 is 2.56 bits per heavy atom. The molecular formula is C35H35ClN6O. The lowest BCUT2D eigenvalue weighted by molar-refractivity contribution is -0.117. The van der Waals surface area contributed by atoms with Crippen LogP contribution in [0.5, 0.6) is 0 Å². The van der Waals surface area contributed by atoms with Gasteiger partial charge in [-0.05, 0) is 80.1 Å². The average Bonchev–Trinajstić information content (AvgIpc) is 3.43. The summed E-state index contributed by atoms with van der Waals surface area (Å²) in [6.45, 7) is 7.70. The van der Waals surface area contributed by atoms with E-state index >= 15 is 0 Å². The molecule has 0 aliphatic heterocycles. The Balaban J connectivity index is 1.27. The second-order valence-corrected chi connectivity index (χ2v) is 11.6. The van der Waals surface area contributed by atoms with E-state index < -0.39 is 0 Å². The first-order valence-electron chi connectivity index (χ1n) is 14.9. The second-order valence-electron chi connectivity index (χ2n) is 11.2. The zero-order valence-electron chi connectivity index (χ0n) is 24.7. The number of carbonyl (C=O) groups is 1. The highest BCUT2D eigenvalue weighted by Crippen LogP contribution is 2.39. The van der Waals surface area contributed by atoms with Crippen molar-refractivity contribution in [3.05, 3.63) is 94.5 Å². The number of nitrogens with zero attached hydrogens (tertiary/aromatic N) is 4. The monoisotopic (exact) mass is 590 g/mol. The van der Waals surface area contributed by atoms with E-state index in [0.717, 1.165) is 82.7 Å². The molecule has 1 fully saturated rings. The quantitative estimate of drug-likeness (QED) is 0.181.